The summed E-state index contributed by atoms with van der Waals surface area (Å²) in [7, 11) is 0. The molecule has 0 aliphatic rings. The zero-order valence-corrected chi connectivity index (χ0v) is 18.4. The van der Waals surface area contributed by atoms with E-state index in [0.717, 1.165) is 26.0 Å². The summed E-state index contributed by atoms with van der Waals surface area (Å²) in [5, 5.41) is 2.83. The molecular weight excluding hydrogens is 372 g/mol. The second kappa shape index (κ2) is 7.64. The number of aromatic nitrogens is 1. The van der Waals surface area contributed by atoms with E-state index in [2.05, 4.69) is 52.1 Å². The van der Waals surface area contributed by atoms with Crippen molar-refractivity contribution >= 4 is 44.9 Å². The summed E-state index contributed by atoms with van der Waals surface area (Å²) in [6, 6.07) is 10.5. The number of nitrogens with one attached hydrogen (secondary N) is 1. The van der Waals surface area contributed by atoms with Crippen molar-refractivity contribution in [3.63, 3.8) is 0 Å². The highest BCUT2D eigenvalue weighted by Crippen LogP contribution is 2.35. The Morgan fingerprint density at radius 3 is 2.41 bits per heavy atom. The van der Waals surface area contributed by atoms with Gasteiger partial charge in [-0.25, -0.2) is 4.98 Å². The van der Waals surface area contributed by atoms with E-state index in [4.69, 9.17) is 4.98 Å². The Kier molecular flexibility index (Phi) is 5.63. The maximum atomic E-state index is 11.2. The number of anilines is 1. The van der Waals surface area contributed by atoms with Crippen LogP contribution in [0.5, 0.6) is 0 Å². The Morgan fingerprint density at radius 2 is 1.81 bits per heavy atom. The van der Waals surface area contributed by atoms with Gasteiger partial charge in [0.1, 0.15) is 0 Å². The lowest BCUT2D eigenvalue weighted by atomic mass is 9.84. The van der Waals surface area contributed by atoms with Crippen LogP contribution in [-0.2, 0) is 16.0 Å². The quantitative estimate of drug-likeness (QED) is 0.513. The number of carbonyl (C=O) groups excluding carboxylic acids is 1. The second-order valence-corrected chi connectivity index (χ2v) is 10.2. The second-order valence-electron chi connectivity index (χ2n) is 7.97. The number of nitrogens with zero attached hydrogens (tertiary/aromatic N) is 1. The number of amides is 1. The van der Waals surface area contributed by atoms with Gasteiger partial charge in [-0.3, -0.25) is 4.79 Å². The highest BCUT2D eigenvalue weighted by molar-refractivity contribution is 8.00. The minimum atomic E-state index is -0.0573. The number of rotatable bonds is 4. The van der Waals surface area contributed by atoms with Crippen LogP contribution in [-0.4, -0.2) is 10.9 Å². The fraction of sp³-hybridized carbons (Fsp3) is 0.364. The van der Waals surface area contributed by atoms with E-state index in [-0.39, 0.29) is 11.3 Å². The maximum absolute atomic E-state index is 11.2. The molecule has 0 spiro atoms. The number of benzene rings is 2. The van der Waals surface area contributed by atoms with Crippen molar-refractivity contribution in [2.75, 3.05) is 5.32 Å². The molecule has 1 aromatic heterocycles. The van der Waals surface area contributed by atoms with Crippen LogP contribution >= 0.6 is 23.1 Å². The number of hydrogen-bond acceptors (Lipinski definition) is 4. The first-order valence-electron chi connectivity index (χ1n) is 9.05. The first-order chi connectivity index (χ1) is 12.6. The molecule has 0 saturated heterocycles. The fourth-order valence-electron chi connectivity index (χ4n) is 3.03. The van der Waals surface area contributed by atoms with Crippen LogP contribution in [0.1, 0.15) is 49.9 Å². The van der Waals surface area contributed by atoms with Crippen LogP contribution in [0.3, 0.4) is 0 Å². The lowest BCUT2D eigenvalue weighted by Crippen LogP contribution is -2.12. The third-order valence-electron chi connectivity index (χ3n) is 4.59. The van der Waals surface area contributed by atoms with E-state index in [1.54, 1.807) is 23.1 Å². The standard InChI is InChI=1S/C22H26N2OS2/c1-13-9-16(22(4,5)6)10-14(2)18(13)12-26-21-24-19-8-7-17(23-15(3)25)11-20(19)27-21/h7-11H,12H2,1-6H3,(H,23,25). The van der Waals surface area contributed by atoms with Gasteiger partial charge in [0, 0.05) is 18.4 Å². The molecule has 1 N–H and O–H groups in total. The van der Waals surface area contributed by atoms with Gasteiger partial charge >= 0.3 is 0 Å². The summed E-state index contributed by atoms with van der Waals surface area (Å²) < 4.78 is 2.16. The zero-order chi connectivity index (χ0) is 19.8. The van der Waals surface area contributed by atoms with E-state index < -0.39 is 0 Å². The summed E-state index contributed by atoms with van der Waals surface area (Å²) in [6.07, 6.45) is 0. The SMILES string of the molecule is CC(=O)Nc1ccc2nc(SCc3c(C)cc(C(C)(C)C)cc3C)sc2c1. The van der Waals surface area contributed by atoms with Gasteiger partial charge in [0.15, 0.2) is 4.34 Å². The van der Waals surface area contributed by atoms with Crippen LogP contribution in [0.4, 0.5) is 5.69 Å². The Hall–Kier alpha value is -1.85. The van der Waals surface area contributed by atoms with E-state index in [1.165, 1.54) is 29.2 Å². The minimum Gasteiger partial charge on any atom is -0.326 e. The van der Waals surface area contributed by atoms with E-state index in [9.17, 15) is 4.79 Å². The molecule has 2 aromatic carbocycles. The molecule has 0 bridgehead atoms. The molecule has 27 heavy (non-hydrogen) atoms. The van der Waals surface area contributed by atoms with Crippen molar-refractivity contribution in [1.82, 2.24) is 4.98 Å². The molecule has 0 radical (unpaired) electrons. The monoisotopic (exact) mass is 398 g/mol. The van der Waals surface area contributed by atoms with E-state index in [1.807, 2.05) is 18.2 Å². The van der Waals surface area contributed by atoms with E-state index in [0.29, 0.717) is 0 Å². The van der Waals surface area contributed by atoms with Gasteiger partial charge in [0.2, 0.25) is 5.91 Å². The van der Waals surface area contributed by atoms with Gasteiger partial charge < -0.3 is 5.32 Å². The number of fused-ring (bicyclic) bond motifs is 1. The molecule has 0 aliphatic heterocycles. The highest BCUT2D eigenvalue weighted by Gasteiger charge is 2.16. The topological polar surface area (TPSA) is 42.0 Å². The van der Waals surface area contributed by atoms with Crippen LogP contribution in [0.2, 0.25) is 0 Å². The van der Waals surface area contributed by atoms with Gasteiger partial charge in [0.25, 0.3) is 0 Å². The molecule has 0 saturated carbocycles. The Labute approximate surface area is 169 Å². The number of thioether (sulfide) groups is 1. The minimum absolute atomic E-state index is 0.0573. The number of thiazole rings is 1. The average molecular weight is 399 g/mol. The fourth-order valence-corrected chi connectivity index (χ4v) is 5.34. The number of hydrogen-bond donors (Lipinski definition) is 1. The molecule has 3 nitrogen and oxygen atoms in total. The third-order valence-corrected chi connectivity index (χ3v) is 6.78. The lowest BCUT2D eigenvalue weighted by molar-refractivity contribution is -0.114. The smallest absolute Gasteiger partial charge is 0.221 e. The first-order valence-corrected chi connectivity index (χ1v) is 10.9. The molecule has 0 aliphatic carbocycles. The first kappa shape index (κ1) is 19.9. The summed E-state index contributed by atoms with van der Waals surface area (Å²) in [5.41, 5.74) is 7.44. The lowest BCUT2D eigenvalue weighted by Gasteiger charge is -2.22. The molecule has 3 aromatic rings. The molecule has 0 unspecified atom stereocenters. The maximum Gasteiger partial charge on any atom is 0.221 e. The Bertz CT molecular complexity index is 976. The molecule has 5 heteroatoms. The van der Waals surface area contributed by atoms with Gasteiger partial charge in [-0.05, 0) is 59.7 Å². The average Bonchev–Trinajstić information content (AvgIpc) is 2.94. The van der Waals surface area contributed by atoms with Gasteiger partial charge in [-0.15, -0.1) is 11.3 Å². The van der Waals surface area contributed by atoms with Crippen LogP contribution < -0.4 is 5.32 Å². The van der Waals surface area contributed by atoms with Gasteiger partial charge in [0.05, 0.1) is 10.2 Å². The van der Waals surface area contributed by atoms with Crippen LogP contribution in [0, 0.1) is 13.8 Å². The van der Waals surface area contributed by atoms with Crippen molar-refractivity contribution in [2.45, 2.75) is 57.0 Å². The van der Waals surface area contributed by atoms with E-state index >= 15 is 0 Å². The Morgan fingerprint density at radius 1 is 1.15 bits per heavy atom. The van der Waals surface area contributed by atoms with Crippen LogP contribution in [0.15, 0.2) is 34.7 Å². The molecule has 142 valence electrons. The summed E-state index contributed by atoms with van der Waals surface area (Å²) in [4.78, 5) is 16.0. The van der Waals surface area contributed by atoms with Crippen molar-refractivity contribution < 1.29 is 4.79 Å². The zero-order valence-electron chi connectivity index (χ0n) is 16.8. The molecule has 1 amide bonds. The third kappa shape index (κ3) is 4.71. The molecular formula is C22H26N2OS2. The predicted octanol–water partition coefficient (Wildman–Crippen LogP) is 6.46. The van der Waals surface area contributed by atoms with Crippen molar-refractivity contribution in [2.24, 2.45) is 0 Å². The molecule has 1 heterocycles. The Balaban J connectivity index is 1.79. The molecule has 3 rings (SSSR count). The molecule has 0 atom stereocenters. The number of aryl methyl sites for hydroxylation is 2. The predicted molar refractivity (Wildman–Crippen MR) is 118 cm³/mol. The largest absolute Gasteiger partial charge is 0.326 e. The summed E-state index contributed by atoms with van der Waals surface area (Å²) >= 11 is 3.46. The normalized spacial score (nSPS) is 11.8. The van der Waals surface area contributed by atoms with Crippen molar-refractivity contribution in [3.8, 4) is 0 Å². The highest BCUT2D eigenvalue weighted by atomic mass is 32.2. The van der Waals surface area contributed by atoms with Gasteiger partial charge in [-0.1, -0.05) is 44.7 Å². The molecule has 0 fully saturated rings. The van der Waals surface area contributed by atoms with Crippen molar-refractivity contribution in [3.05, 3.63) is 52.6 Å². The van der Waals surface area contributed by atoms with Crippen LogP contribution in [0.25, 0.3) is 10.2 Å². The summed E-state index contributed by atoms with van der Waals surface area (Å²) in [6.45, 7) is 12.7. The van der Waals surface area contributed by atoms with Crippen molar-refractivity contribution in [1.29, 1.82) is 0 Å². The number of carbonyl (C=O) groups is 1. The summed E-state index contributed by atoms with van der Waals surface area (Å²) in [5.74, 6) is 0.860. The van der Waals surface area contributed by atoms with Gasteiger partial charge in [-0.2, -0.15) is 0 Å².